The van der Waals surface area contributed by atoms with E-state index in [1.807, 2.05) is 63.2 Å². The van der Waals surface area contributed by atoms with Crippen molar-refractivity contribution in [2.45, 2.75) is 39.2 Å². The number of amides is 3. The Kier molecular flexibility index (Phi) is 6.11. The van der Waals surface area contributed by atoms with Gasteiger partial charge in [-0.05, 0) is 62.1 Å². The average molecular weight is 396 g/mol. The summed E-state index contributed by atoms with van der Waals surface area (Å²) in [5.41, 5.74) is 1.83. The molecule has 2 aromatic carbocycles. The van der Waals surface area contributed by atoms with Gasteiger partial charge in [-0.3, -0.25) is 9.69 Å². The molecule has 0 saturated carbocycles. The van der Waals surface area contributed by atoms with Crippen LogP contribution in [0.15, 0.2) is 42.5 Å². The molecule has 3 rings (SSSR count). The Bertz CT molecular complexity index is 894. The number of rotatable bonds is 8. The fourth-order valence-corrected chi connectivity index (χ4v) is 3.66. The summed E-state index contributed by atoms with van der Waals surface area (Å²) in [6.07, 6.45) is 1.04. The number of hydrogen-bond acceptors (Lipinski definition) is 4. The van der Waals surface area contributed by atoms with Crippen LogP contribution in [0.2, 0.25) is 0 Å². The van der Waals surface area contributed by atoms with E-state index in [1.54, 1.807) is 7.11 Å². The Hall–Kier alpha value is -3.02. The SMILES string of the molecule is CCC1(c2ccc(OC)c(C)c2)NC(=O)N(CCCOc2ccc(C)cc2)C1=O. The van der Waals surface area contributed by atoms with E-state index in [9.17, 15) is 9.59 Å². The lowest BCUT2D eigenvalue weighted by atomic mass is 9.86. The van der Waals surface area contributed by atoms with Crippen molar-refractivity contribution in [3.63, 3.8) is 0 Å². The molecule has 1 fully saturated rings. The summed E-state index contributed by atoms with van der Waals surface area (Å²) < 4.78 is 11.0. The largest absolute Gasteiger partial charge is 0.496 e. The minimum atomic E-state index is -1.04. The van der Waals surface area contributed by atoms with Crippen LogP contribution in [0, 0.1) is 13.8 Å². The molecule has 6 nitrogen and oxygen atoms in total. The van der Waals surface area contributed by atoms with E-state index in [0.29, 0.717) is 26.0 Å². The van der Waals surface area contributed by atoms with Gasteiger partial charge in [0.1, 0.15) is 17.0 Å². The molecule has 6 heteroatoms. The molecule has 1 heterocycles. The van der Waals surface area contributed by atoms with Crippen LogP contribution in [-0.2, 0) is 10.3 Å². The number of carbonyl (C=O) groups is 2. The van der Waals surface area contributed by atoms with Crippen LogP contribution in [0.25, 0.3) is 0 Å². The summed E-state index contributed by atoms with van der Waals surface area (Å²) in [6.45, 7) is 6.59. The molecule has 2 aromatic rings. The Morgan fingerprint density at radius 1 is 1.07 bits per heavy atom. The van der Waals surface area contributed by atoms with Gasteiger partial charge in [0.25, 0.3) is 5.91 Å². The molecule has 0 radical (unpaired) electrons. The minimum Gasteiger partial charge on any atom is -0.496 e. The van der Waals surface area contributed by atoms with Gasteiger partial charge in [-0.1, -0.05) is 30.7 Å². The van der Waals surface area contributed by atoms with Gasteiger partial charge in [-0.15, -0.1) is 0 Å². The first-order valence-electron chi connectivity index (χ1n) is 9.90. The molecule has 0 bridgehead atoms. The zero-order chi connectivity index (χ0) is 21.0. The maximum absolute atomic E-state index is 13.2. The van der Waals surface area contributed by atoms with Gasteiger partial charge >= 0.3 is 6.03 Å². The number of nitrogens with one attached hydrogen (secondary N) is 1. The van der Waals surface area contributed by atoms with Gasteiger partial charge in [0, 0.05) is 6.54 Å². The van der Waals surface area contributed by atoms with Crippen molar-refractivity contribution in [2.75, 3.05) is 20.3 Å². The molecule has 1 atom stereocenters. The van der Waals surface area contributed by atoms with E-state index in [0.717, 1.165) is 22.6 Å². The monoisotopic (exact) mass is 396 g/mol. The molecular weight excluding hydrogens is 368 g/mol. The highest BCUT2D eigenvalue weighted by molar-refractivity contribution is 6.07. The zero-order valence-corrected chi connectivity index (χ0v) is 17.5. The van der Waals surface area contributed by atoms with Crippen molar-refractivity contribution in [2.24, 2.45) is 0 Å². The number of hydrogen-bond donors (Lipinski definition) is 1. The maximum Gasteiger partial charge on any atom is 0.325 e. The number of benzene rings is 2. The summed E-state index contributed by atoms with van der Waals surface area (Å²) in [6, 6.07) is 13.0. The molecule has 154 valence electrons. The number of imide groups is 1. The number of ether oxygens (including phenoxy) is 2. The van der Waals surface area contributed by atoms with Crippen LogP contribution >= 0.6 is 0 Å². The summed E-state index contributed by atoms with van der Waals surface area (Å²) >= 11 is 0. The number of methoxy groups -OCH3 is 1. The lowest BCUT2D eigenvalue weighted by molar-refractivity contribution is -0.131. The van der Waals surface area contributed by atoms with Gasteiger partial charge in [-0.25, -0.2) is 4.79 Å². The van der Waals surface area contributed by atoms with Gasteiger partial charge in [0.05, 0.1) is 13.7 Å². The van der Waals surface area contributed by atoms with Crippen LogP contribution in [0.1, 0.15) is 36.5 Å². The highest BCUT2D eigenvalue weighted by atomic mass is 16.5. The average Bonchev–Trinajstić information content (AvgIpc) is 2.97. The number of nitrogens with zero attached hydrogens (tertiary/aromatic N) is 1. The van der Waals surface area contributed by atoms with Crippen LogP contribution in [-0.4, -0.2) is 37.1 Å². The Morgan fingerprint density at radius 2 is 1.79 bits per heavy atom. The molecule has 0 aromatic heterocycles. The molecule has 1 unspecified atom stereocenters. The fourth-order valence-electron chi connectivity index (χ4n) is 3.66. The standard InChI is InChI=1S/C23H28N2O4/c1-5-23(18-9-12-20(28-4)17(3)15-18)21(26)25(22(27)24-23)13-6-14-29-19-10-7-16(2)8-11-19/h7-12,15H,5-6,13-14H2,1-4H3,(H,24,27). The van der Waals surface area contributed by atoms with Crippen LogP contribution in [0.4, 0.5) is 4.79 Å². The third-order valence-corrected chi connectivity index (χ3v) is 5.41. The van der Waals surface area contributed by atoms with E-state index in [4.69, 9.17) is 9.47 Å². The van der Waals surface area contributed by atoms with E-state index in [1.165, 1.54) is 10.5 Å². The first kappa shape index (κ1) is 20.7. The van der Waals surface area contributed by atoms with Gasteiger partial charge in [-0.2, -0.15) is 0 Å². The van der Waals surface area contributed by atoms with E-state index >= 15 is 0 Å². The molecule has 1 aliphatic rings. The van der Waals surface area contributed by atoms with E-state index in [2.05, 4.69) is 5.32 Å². The highest BCUT2D eigenvalue weighted by Gasteiger charge is 2.51. The second-order valence-electron chi connectivity index (χ2n) is 7.35. The smallest absolute Gasteiger partial charge is 0.325 e. The molecule has 0 spiro atoms. The summed E-state index contributed by atoms with van der Waals surface area (Å²) in [7, 11) is 1.61. The second-order valence-corrected chi connectivity index (χ2v) is 7.35. The van der Waals surface area contributed by atoms with Gasteiger partial charge < -0.3 is 14.8 Å². The highest BCUT2D eigenvalue weighted by Crippen LogP contribution is 2.34. The zero-order valence-electron chi connectivity index (χ0n) is 17.5. The maximum atomic E-state index is 13.2. The number of aryl methyl sites for hydroxylation is 2. The van der Waals surface area contributed by atoms with E-state index in [-0.39, 0.29) is 11.9 Å². The lowest BCUT2D eigenvalue weighted by Gasteiger charge is -2.26. The van der Waals surface area contributed by atoms with Crippen molar-refractivity contribution in [1.82, 2.24) is 10.2 Å². The van der Waals surface area contributed by atoms with Crippen LogP contribution in [0.5, 0.6) is 11.5 Å². The fraction of sp³-hybridized carbons (Fsp3) is 0.391. The van der Waals surface area contributed by atoms with Crippen molar-refractivity contribution in [3.8, 4) is 11.5 Å². The Balaban J connectivity index is 1.67. The lowest BCUT2D eigenvalue weighted by Crippen LogP contribution is -2.43. The Morgan fingerprint density at radius 3 is 2.41 bits per heavy atom. The molecule has 1 N–H and O–H groups in total. The third kappa shape index (κ3) is 4.06. The van der Waals surface area contributed by atoms with Crippen molar-refractivity contribution < 1.29 is 19.1 Å². The van der Waals surface area contributed by atoms with Crippen molar-refractivity contribution >= 4 is 11.9 Å². The van der Waals surface area contributed by atoms with Crippen LogP contribution < -0.4 is 14.8 Å². The predicted octanol–water partition coefficient (Wildman–Crippen LogP) is 3.94. The molecule has 0 aliphatic carbocycles. The van der Waals surface area contributed by atoms with E-state index < -0.39 is 5.54 Å². The summed E-state index contributed by atoms with van der Waals surface area (Å²) in [5.74, 6) is 1.32. The van der Waals surface area contributed by atoms with Gasteiger partial charge in [0.15, 0.2) is 0 Å². The topological polar surface area (TPSA) is 67.9 Å². The molecule has 1 saturated heterocycles. The summed E-state index contributed by atoms with van der Waals surface area (Å²) in [5, 5.41) is 2.92. The molecule has 3 amide bonds. The quantitative estimate of drug-likeness (QED) is 0.542. The predicted molar refractivity (Wildman–Crippen MR) is 111 cm³/mol. The normalized spacial score (nSPS) is 18.7. The number of urea groups is 1. The second kappa shape index (κ2) is 8.55. The minimum absolute atomic E-state index is 0.218. The first-order chi connectivity index (χ1) is 13.9. The van der Waals surface area contributed by atoms with Gasteiger partial charge in [0.2, 0.25) is 0 Å². The van der Waals surface area contributed by atoms with Crippen molar-refractivity contribution in [3.05, 3.63) is 59.2 Å². The third-order valence-electron chi connectivity index (χ3n) is 5.41. The first-order valence-corrected chi connectivity index (χ1v) is 9.90. The van der Waals surface area contributed by atoms with Crippen molar-refractivity contribution in [1.29, 1.82) is 0 Å². The molecule has 1 aliphatic heterocycles. The number of carbonyl (C=O) groups excluding carboxylic acids is 2. The van der Waals surface area contributed by atoms with Crippen LogP contribution in [0.3, 0.4) is 0 Å². The molecule has 29 heavy (non-hydrogen) atoms. The Labute approximate surface area is 171 Å². The summed E-state index contributed by atoms with van der Waals surface area (Å²) in [4.78, 5) is 27.1. The molecular formula is C23H28N2O4.